The molecule has 1 nitrogen and oxygen atoms in total. The highest BCUT2D eigenvalue weighted by molar-refractivity contribution is 7.11. The molecular formula is C44H54OSi2. The van der Waals surface area contributed by atoms with E-state index in [4.69, 9.17) is 17.0 Å². The fourth-order valence-corrected chi connectivity index (χ4v) is 21.1. The van der Waals surface area contributed by atoms with Crippen molar-refractivity contribution in [2.75, 3.05) is 0 Å². The number of benzene rings is 4. The van der Waals surface area contributed by atoms with Crippen LogP contribution in [0.15, 0.2) is 121 Å². The summed E-state index contributed by atoms with van der Waals surface area (Å²) in [5.74, 6) is 5.68. The number of unbranched alkanes of at least 4 members (excludes halogenated alkanes) is 6. The van der Waals surface area contributed by atoms with Crippen molar-refractivity contribution in [2.45, 2.75) is 102 Å². The van der Waals surface area contributed by atoms with Crippen LogP contribution in [-0.4, -0.2) is 16.6 Å². The summed E-state index contributed by atoms with van der Waals surface area (Å²) < 4.78 is 8.67. The number of hydrogen-bond donors (Lipinski definition) is 0. The van der Waals surface area contributed by atoms with Crippen LogP contribution >= 0.6 is 0 Å². The molecule has 0 unspecified atom stereocenters. The maximum absolute atomic E-state index is 8.67. The molecule has 0 aliphatic rings. The highest BCUT2D eigenvalue weighted by Crippen LogP contribution is 2.49. The summed E-state index contributed by atoms with van der Waals surface area (Å²) in [6.07, 6.45) is 21.7. The molecule has 0 heterocycles. The molecule has 0 saturated heterocycles. The van der Waals surface area contributed by atoms with E-state index in [1.165, 1.54) is 20.7 Å². The number of terminal acetylenes is 2. The largest absolute Gasteiger partial charge is 0.441 e. The predicted octanol–water partition coefficient (Wildman–Crippen LogP) is 9.25. The Balaban J connectivity index is 2.04. The van der Waals surface area contributed by atoms with E-state index in [9.17, 15) is 0 Å². The molecule has 0 aliphatic heterocycles. The van der Waals surface area contributed by atoms with Gasteiger partial charge in [-0.1, -0.05) is 175 Å². The van der Waals surface area contributed by atoms with Gasteiger partial charge in [-0.3, -0.25) is 0 Å². The van der Waals surface area contributed by atoms with Gasteiger partial charge in [0.2, 0.25) is 0 Å². The third kappa shape index (κ3) is 8.10. The van der Waals surface area contributed by atoms with E-state index >= 15 is 0 Å². The van der Waals surface area contributed by atoms with Gasteiger partial charge < -0.3 is 4.12 Å². The van der Waals surface area contributed by atoms with Crippen molar-refractivity contribution in [3.63, 3.8) is 0 Å². The predicted molar refractivity (Wildman–Crippen MR) is 209 cm³/mol. The first-order valence-corrected chi connectivity index (χ1v) is 21.4. The minimum absolute atomic E-state index is 0.128. The molecule has 4 aromatic rings. The second kappa shape index (κ2) is 17.0. The van der Waals surface area contributed by atoms with E-state index in [1.54, 1.807) is 0 Å². The Morgan fingerprint density at radius 1 is 0.447 bits per heavy atom. The van der Waals surface area contributed by atoms with Gasteiger partial charge in [-0.15, -0.1) is 24.7 Å². The maximum atomic E-state index is 8.67. The first kappa shape index (κ1) is 36.2. The lowest BCUT2D eigenvalue weighted by molar-refractivity contribution is 0.417. The van der Waals surface area contributed by atoms with Crippen LogP contribution in [0.4, 0.5) is 0 Å². The molecule has 244 valence electrons. The smallest absolute Gasteiger partial charge is 0.251 e. The van der Waals surface area contributed by atoms with Crippen LogP contribution in [-0.2, 0) is 4.12 Å². The minimum Gasteiger partial charge on any atom is -0.441 e. The molecule has 3 heteroatoms. The molecule has 4 rings (SSSR count). The second-order valence-electron chi connectivity index (χ2n) is 14.2. The molecule has 0 aliphatic carbocycles. The molecule has 0 atom stereocenters. The van der Waals surface area contributed by atoms with Gasteiger partial charge in [-0.05, 0) is 56.5 Å². The van der Waals surface area contributed by atoms with Gasteiger partial charge in [-0.25, -0.2) is 0 Å². The Morgan fingerprint density at radius 3 is 0.979 bits per heavy atom. The molecule has 0 spiro atoms. The third-order valence-electron chi connectivity index (χ3n) is 10.2. The summed E-state index contributed by atoms with van der Waals surface area (Å²) >= 11 is 0. The van der Waals surface area contributed by atoms with E-state index in [1.807, 2.05) is 0 Å². The molecule has 4 aromatic carbocycles. The zero-order chi connectivity index (χ0) is 33.6. The van der Waals surface area contributed by atoms with Gasteiger partial charge in [0.05, 0.1) is 0 Å². The lowest BCUT2D eigenvalue weighted by Gasteiger charge is -2.55. The molecule has 0 bridgehead atoms. The SMILES string of the molecule is C#CCCCCCC(C)(C)[Si](O[Si](c1ccccc1)(c1ccccc1)C(C)(C)CCCCCC#C)(c1ccccc1)c1ccccc1. The molecule has 0 amide bonds. The summed E-state index contributed by atoms with van der Waals surface area (Å²) in [6, 6.07) is 45.0. The zero-order valence-electron chi connectivity index (χ0n) is 29.2. The van der Waals surface area contributed by atoms with Gasteiger partial charge in [0.1, 0.15) is 0 Å². The Kier molecular flexibility index (Phi) is 13.1. The Morgan fingerprint density at radius 2 is 0.723 bits per heavy atom. The highest BCUT2D eigenvalue weighted by atomic mass is 28.4. The van der Waals surface area contributed by atoms with Gasteiger partial charge in [-0.2, -0.15) is 0 Å². The van der Waals surface area contributed by atoms with Crippen LogP contribution in [0.3, 0.4) is 0 Å². The van der Waals surface area contributed by atoms with Crippen LogP contribution in [0, 0.1) is 24.7 Å². The van der Waals surface area contributed by atoms with Gasteiger partial charge in [0.25, 0.3) is 16.6 Å². The van der Waals surface area contributed by atoms with Crippen LogP contribution in [0.2, 0.25) is 10.1 Å². The standard InChI is InChI=1S/C44H54OSi2/c1-7-9-11-13-27-37-43(3,4)46(39-29-19-15-20-30-39,40-31-21-16-22-32-40)45-47(41-33-23-17-24-34-41,42-35-25-18-26-36-42)44(5,6)38-28-14-12-10-8-2/h1-2,15-26,29-36H,9-14,27-28,37-38H2,3-6H3. The van der Waals surface area contributed by atoms with Crippen molar-refractivity contribution in [3.8, 4) is 24.7 Å². The lowest BCUT2D eigenvalue weighted by Crippen LogP contribution is -2.78. The molecule has 47 heavy (non-hydrogen) atoms. The Labute approximate surface area is 288 Å². The Bertz CT molecular complexity index is 1360. The second-order valence-corrected chi connectivity index (χ2v) is 22.8. The Hall–Kier alpha value is -3.61. The molecule has 0 saturated carbocycles. The van der Waals surface area contributed by atoms with E-state index in [0.717, 1.165) is 64.2 Å². The molecular weight excluding hydrogens is 601 g/mol. The molecule has 0 N–H and O–H groups in total. The topological polar surface area (TPSA) is 9.23 Å². The molecule has 0 aromatic heterocycles. The number of rotatable bonds is 18. The highest BCUT2D eigenvalue weighted by Gasteiger charge is 2.61. The van der Waals surface area contributed by atoms with Crippen molar-refractivity contribution in [3.05, 3.63) is 121 Å². The number of hydrogen-bond acceptors (Lipinski definition) is 1. The summed E-state index contributed by atoms with van der Waals surface area (Å²) in [6.45, 7) is 9.95. The van der Waals surface area contributed by atoms with Gasteiger partial charge in [0.15, 0.2) is 0 Å². The first-order valence-electron chi connectivity index (χ1n) is 17.5. The quantitative estimate of drug-likeness (QED) is 0.0591. The summed E-state index contributed by atoms with van der Waals surface area (Å²) in [7, 11) is -6.04. The van der Waals surface area contributed by atoms with Crippen molar-refractivity contribution in [1.29, 1.82) is 0 Å². The van der Waals surface area contributed by atoms with Gasteiger partial charge >= 0.3 is 0 Å². The zero-order valence-corrected chi connectivity index (χ0v) is 31.2. The lowest BCUT2D eigenvalue weighted by atomic mass is 10.0. The minimum atomic E-state index is -3.02. The maximum Gasteiger partial charge on any atom is 0.251 e. The summed E-state index contributed by atoms with van der Waals surface area (Å²) in [5, 5.41) is 5.11. The van der Waals surface area contributed by atoms with Crippen molar-refractivity contribution in [1.82, 2.24) is 0 Å². The fourth-order valence-electron chi connectivity index (χ4n) is 7.62. The van der Waals surface area contributed by atoms with Crippen LogP contribution < -0.4 is 20.7 Å². The van der Waals surface area contributed by atoms with E-state index in [-0.39, 0.29) is 10.1 Å². The average molecular weight is 655 g/mol. The third-order valence-corrected chi connectivity index (χ3v) is 21.5. The van der Waals surface area contributed by atoms with Crippen LogP contribution in [0.1, 0.15) is 91.9 Å². The van der Waals surface area contributed by atoms with Crippen molar-refractivity contribution >= 4 is 37.4 Å². The van der Waals surface area contributed by atoms with Crippen molar-refractivity contribution in [2.24, 2.45) is 0 Å². The van der Waals surface area contributed by atoms with E-state index < -0.39 is 16.6 Å². The average Bonchev–Trinajstić information content (AvgIpc) is 3.10. The first-order chi connectivity index (χ1) is 22.7. The van der Waals surface area contributed by atoms with Crippen LogP contribution in [0.25, 0.3) is 0 Å². The van der Waals surface area contributed by atoms with Gasteiger partial charge in [0, 0.05) is 12.8 Å². The molecule has 0 radical (unpaired) electrons. The van der Waals surface area contributed by atoms with Crippen molar-refractivity contribution < 1.29 is 4.12 Å². The van der Waals surface area contributed by atoms with Crippen LogP contribution in [0.5, 0.6) is 0 Å². The van der Waals surface area contributed by atoms with E-state index in [0.29, 0.717) is 0 Å². The summed E-state index contributed by atoms with van der Waals surface area (Å²) in [4.78, 5) is 0. The van der Waals surface area contributed by atoms with E-state index in [2.05, 4.69) is 161 Å². The summed E-state index contributed by atoms with van der Waals surface area (Å²) in [5.41, 5.74) is 0. The normalized spacial score (nSPS) is 12.3. The monoisotopic (exact) mass is 654 g/mol. The molecule has 0 fully saturated rings. The fraction of sp³-hybridized carbons (Fsp3) is 0.364.